The van der Waals surface area contributed by atoms with Crippen LogP contribution in [-0.2, 0) is 17.6 Å². The Morgan fingerprint density at radius 3 is 2.85 bits per heavy atom. The van der Waals surface area contributed by atoms with Gasteiger partial charge in [-0.2, -0.15) is 0 Å². The van der Waals surface area contributed by atoms with Gasteiger partial charge < -0.3 is 5.73 Å². The average molecular weight is 316 g/mol. The molecule has 2 rings (SSSR count). The van der Waals surface area contributed by atoms with E-state index in [1.54, 1.807) is 22.3 Å². The van der Waals surface area contributed by atoms with Gasteiger partial charge in [-0.05, 0) is 25.7 Å². The Hall–Kier alpha value is -0.910. The number of aryl methyl sites for hydroxylation is 2. The Balaban J connectivity index is 0.00000200. The third kappa shape index (κ3) is 3.59. The van der Waals surface area contributed by atoms with Crippen molar-refractivity contribution < 1.29 is 4.79 Å². The predicted octanol–water partition coefficient (Wildman–Crippen LogP) is 2.56. The standard InChI is InChI=1S/C14H21N3OS.ClH/c1-3-8-17(13(18)10(2)9-15)14-16-11-6-4-5-7-12(11)19-14;/h3,10H,1,4-9,15H2,2H3;1H. The number of amides is 1. The molecule has 1 aliphatic carbocycles. The molecule has 2 N–H and O–H groups in total. The Morgan fingerprint density at radius 1 is 1.55 bits per heavy atom. The summed E-state index contributed by atoms with van der Waals surface area (Å²) in [5.74, 6) is -0.144. The van der Waals surface area contributed by atoms with Crippen LogP contribution in [0.25, 0.3) is 0 Å². The Labute approximate surface area is 130 Å². The Morgan fingerprint density at radius 2 is 2.25 bits per heavy atom. The number of carbonyl (C=O) groups excluding carboxylic acids is 1. The highest BCUT2D eigenvalue weighted by Gasteiger charge is 2.25. The molecule has 1 aromatic heterocycles. The summed E-state index contributed by atoms with van der Waals surface area (Å²) in [6.07, 6.45) is 6.29. The third-order valence-corrected chi connectivity index (χ3v) is 4.60. The van der Waals surface area contributed by atoms with Crippen LogP contribution in [0, 0.1) is 5.92 Å². The summed E-state index contributed by atoms with van der Waals surface area (Å²) in [6.45, 7) is 6.43. The number of carbonyl (C=O) groups is 1. The van der Waals surface area contributed by atoms with Gasteiger partial charge in [-0.3, -0.25) is 9.69 Å². The van der Waals surface area contributed by atoms with E-state index in [1.165, 1.54) is 23.4 Å². The highest BCUT2D eigenvalue weighted by Crippen LogP contribution is 2.32. The number of aromatic nitrogens is 1. The number of fused-ring (bicyclic) bond motifs is 1. The van der Waals surface area contributed by atoms with Crippen LogP contribution >= 0.6 is 23.7 Å². The molecule has 0 aliphatic heterocycles. The SMILES string of the molecule is C=CCN(C(=O)C(C)CN)c1nc2c(s1)CCCC2.Cl. The van der Waals surface area contributed by atoms with Crippen molar-refractivity contribution in [2.24, 2.45) is 11.7 Å². The van der Waals surface area contributed by atoms with Crippen molar-refractivity contribution in [1.82, 2.24) is 4.98 Å². The van der Waals surface area contributed by atoms with Crippen LogP contribution in [0.2, 0.25) is 0 Å². The first-order chi connectivity index (χ1) is 9.17. The third-order valence-electron chi connectivity index (χ3n) is 3.42. The second kappa shape index (κ2) is 7.76. The van der Waals surface area contributed by atoms with Gasteiger partial charge >= 0.3 is 0 Å². The molecule has 6 heteroatoms. The van der Waals surface area contributed by atoms with Crippen LogP contribution in [-0.4, -0.2) is 24.0 Å². The van der Waals surface area contributed by atoms with Gasteiger partial charge in [0, 0.05) is 23.9 Å². The Kier molecular flexibility index (Phi) is 6.65. The van der Waals surface area contributed by atoms with Crippen molar-refractivity contribution >= 4 is 34.8 Å². The van der Waals surface area contributed by atoms with Gasteiger partial charge in [0.05, 0.1) is 5.69 Å². The molecule has 1 aromatic rings. The van der Waals surface area contributed by atoms with E-state index in [4.69, 9.17) is 5.73 Å². The van der Waals surface area contributed by atoms with Crippen molar-refractivity contribution in [3.63, 3.8) is 0 Å². The van der Waals surface area contributed by atoms with Crippen molar-refractivity contribution in [2.45, 2.75) is 32.6 Å². The van der Waals surface area contributed by atoms with E-state index >= 15 is 0 Å². The number of thiazole rings is 1. The summed E-state index contributed by atoms with van der Waals surface area (Å²) in [4.78, 5) is 20.0. The summed E-state index contributed by atoms with van der Waals surface area (Å²) < 4.78 is 0. The summed E-state index contributed by atoms with van der Waals surface area (Å²) in [5, 5.41) is 0.803. The summed E-state index contributed by atoms with van der Waals surface area (Å²) in [7, 11) is 0. The van der Waals surface area contributed by atoms with Crippen molar-refractivity contribution in [1.29, 1.82) is 0 Å². The fraction of sp³-hybridized carbons (Fsp3) is 0.571. The fourth-order valence-corrected chi connectivity index (χ4v) is 3.37. The molecule has 0 saturated heterocycles. The van der Waals surface area contributed by atoms with Crippen LogP contribution in [0.5, 0.6) is 0 Å². The van der Waals surface area contributed by atoms with Crippen LogP contribution in [0.15, 0.2) is 12.7 Å². The zero-order chi connectivity index (χ0) is 13.8. The summed E-state index contributed by atoms with van der Waals surface area (Å²) in [5.41, 5.74) is 6.77. The maximum absolute atomic E-state index is 12.3. The van der Waals surface area contributed by atoms with Crippen LogP contribution in [0.3, 0.4) is 0 Å². The first-order valence-corrected chi connectivity index (χ1v) is 7.60. The number of nitrogens with zero attached hydrogens (tertiary/aromatic N) is 2. The number of anilines is 1. The molecule has 0 fully saturated rings. The molecule has 0 saturated carbocycles. The van der Waals surface area contributed by atoms with Crippen molar-refractivity contribution in [3.8, 4) is 0 Å². The lowest BCUT2D eigenvalue weighted by Crippen LogP contribution is -2.38. The molecule has 0 radical (unpaired) electrons. The molecule has 0 aromatic carbocycles. The normalized spacial score (nSPS) is 14.9. The van der Waals surface area contributed by atoms with Crippen LogP contribution in [0.4, 0.5) is 5.13 Å². The van der Waals surface area contributed by atoms with Gasteiger partial charge in [-0.15, -0.1) is 30.3 Å². The molecule has 1 heterocycles. The van der Waals surface area contributed by atoms with Gasteiger partial charge in [0.1, 0.15) is 0 Å². The number of hydrogen-bond donors (Lipinski definition) is 1. The monoisotopic (exact) mass is 315 g/mol. The zero-order valence-corrected chi connectivity index (χ0v) is 13.4. The number of nitrogens with two attached hydrogens (primary N) is 1. The minimum Gasteiger partial charge on any atom is -0.330 e. The highest BCUT2D eigenvalue weighted by molar-refractivity contribution is 7.16. The molecule has 20 heavy (non-hydrogen) atoms. The van der Waals surface area contributed by atoms with E-state index < -0.39 is 0 Å². The topological polar surface area (TPSA) is 59.2 Å². The van der Waals surface area contributed by atoms with E-state index in [1.807, 2.05) is 6.92 Å². The van der Waals surface area contributed by atoms with E-state index in [2.05, 4.69) is 11.6 Å². The lowest BCUT2D eigenvalue weighted by atomic mass is 10.0. The maximum atomic E-state index is 12.3. The second-order valence-corrected chi connectivity index (χ2v) is 6.01. The molecule has 0 spiro atoms. The molecular weight excluding hydrogens is 294 g/mol. The maximum Gasteiger partial charge on any atom is 0.233 e. The molecule has 1 unspecified atom stereocenters. The lowest BCUT2D eigenvalue weighted by Gasteiger charge is -2.21. The molecule has 1 atom stereocenters. The summed E-state index contributed by atoms with van der Waals surface area (Å²) >= 11 is 1.64. The average Bonchev–Trinajstić information content (AvgIpc) is 2.86. The van der Waals surface area contributed by atoms with Crippen LogP contribution < -0.4 is 10.6 Å². The molecule has 4 nitrogen and oxygen atoms in total. The molecule has 1 aliphatic rings. The quantitative estimate of drug-likeness (QED) is 0.850. The summed E-state index contributed by atoms with van der Waals surface area (Å²) in [6, 6.07) is 0. The van der Waals surface area contributed by atoms with E-state index in [-0.39, 0.29) is 24.2 Å². The molecule has 0 bridgehead atoms. The first-order valence-electron chi connectivity index (χ1n) is 6.78. The number of halogens is 1. The zero-order valence-electron chi connectivity index (χ0n) is 11.8. The molecule has 1 amide bonds. The van der Waals surface area contributed by atoms with Gasteiger partial charge in [0.15, 0.2) is 5.13 Å². The first kappa shape index (κ1) is 17.1. The van der Waals surface area contributed by atoms with Gasteiger partial charge in [0.25, 0.3) is 0 Å². The van der Waals surface area contributed by atoms with Crippen molar-refractivity contribution in [3.05, 3.63) is 23.2 Å². The van der Waals surface area contributed by atoms with E-state index in [0.717, 1.165) is 18.0 Å². The van der Waals surface area contributed by atoms with Gasteiger partial charge in [-0.1, -0.05) is 13.0 Å². The van der Waals surface area contributed by atoms with Gasteiger partial charge in [0.2, 0.25) is 5.91 Å². The second-order valence-electron chi connectivity index (χ2n) is 4.95. The minimum absolute atomic E-state index is 0. The lowest BCUT2D eigenvalue weighted by molar-refractivity contribution is -0.121. The predicted molar refractivity (Wildman–Crippen MR) is 86.8 cm³/mol. The Bertz CT molecular complexity index is 451. The highest BCUT2D eigenvalue weighted by atomic mass is 35.5. The molecular formula is C14H22ClN3OS. The fourth-order valence-electron chi connectivity index (χ4n) is 2.21. The minimum atomic E-state index is -0.180. The van der Waals surface area contributed by atoms with E-state index in [0.29, 0.717) is 13.1 Å². The number of hydrogen-bond acceptors (Lipinski definition) is 4. The number of rotatable bonds is 5. The largest absolute Gasteiger partial charge is 0.330 e. The van der Waals surface area contributed by atoms with Crippen LogP contribution in [0.1, 0.15) is 30.3 Å². The van der Waals surface area contributed by atoms with Gasteiger partial charge in [-0.25, -0.2) is 4.98 Å². The van der Waals surface area contributed by atoms with E-state index in [9.17, 15) is 4.79 Å². The van der Waals surface area contributed by atoms with Crippen molar-refractivity contribution in [2.75, 3.05) is 18.0 Å². The molecule has 112 valence electrons. The smallest absolute Gasteiger partial charge is 0.233 e.